The summed E-state index contributed by atoms with van der Waals surface area (Å²) in [5, 5.41) is 4.65. The van der Waals surface area contributed by atoms with Crippen molar-refractivity contribution in [2.45, 2.75) is 0 Å². The molecule has 2 nitrogen and oxygen atoms in total. The van der Waals surface area contributed by atoms with Crippen molar-refractivity contribution in [3.05, 3.63) is 65.9 Å². The molecular weight excluding hydrogens is 322 g/mol. The van der Waals surface area contributed by atoms with Gasteiger partial charge in [0.05, 0.1) is 0 Å². The number of hydrogen-bond donors (Lipinski definition) is 0. The monoisotopic (exact) mass is 335 g/mol. The Hall–Kier alpha value is -2.04. The second-order valence-electron chi connectivity index (χ2n) is 5.23. The minimum absolute atomic E-state index is 0.0198. The number of hydrogen-bond acceptors (Lipinski definition) is 4. The molecule has 3 aromatic carbocycles. The first-order valence-corrected chi connectivity index (χ1v) is 9.27. The van der Waals surface area contributed by atoms with Gasteiger partial charge in [0.25, 0.3) is 0 Å². The fourth-order valence-electron chi connectivity index (χ4n) is 2.82. The highest BCUT2D eigenvalue weighted by molar-refractivity contribution is 8.45. The standard InChI is InChI=1S/C19H13NOS2/c1-22-19-20-17(18(21)23-19)11-16-14-8-4-2-6-12(14)10-13-7-3-5-9-15(13)16/h2-11H,1H3. The second-order valence-corrected chi connectivity index (χ2v) is 7.25. The molecule has 23 heavy (non-hydrogen) atoms. The van der Waals surface area contributed by atoms with Gasteiger partial charge in [0.2, 0.25) is 5.12 Å². The molecule has 0 spiro atoms. The first kappa shape index (κ1) is 14.5. The summed E-state index contributed by atoms with van der Waals surface area (Å²) in [6.07, 6.45) is 3.87. The van der Waals surface area contributed by atoms with Gasteiger partial charge in [0.15, 0.2) is 0 Å². The largest absolute Gasteiger partial charge is 0.279 e. The lowest BCUT2D eigenvalue weighted by Crippen LogP contribution is -1.90. The number of fused-ring (bicyclic) bond motifs is 2. The summed E-state index contributed by atoms with van der Waals surface area (Å²) in [6, 6.07) is 18.7. The van der Waals surface area contributed by atoms with Crippen LogP contribution in [0.1, 0.15) is 5.56 Å². The number of aliphatic imine (C=N–C) groups is 1. The van der Waals surface area contributed by atoms with Crippen LogP contribution < -0.4 is 0 Å². The first-order chi connectivity index (χ1) is 11.3. The lowest BCUT2D eigenvalue weighted by Gasteiger charge is -2.08. The Kier molecular flexibility index (Phi) is 3.71. The van der Waals surface area contributed by atoms with Crippen LogP contribution in [0.5, 0.6) is 0 Å². The fraction of sp³-hybridized carbons (Fsp3) is 0.0526. The smallest absolute Gasteiger partial charge is 0.244 e. The number of carbonyl (C=O) groups is 1. The Morgan fingerprint density at radius 1 is 1.00 bits per heavy atom. The van der Waals surface area contributed by atoms with Gasteiger partial charge < -0.3 is 0 Å². The normalized spacial score (nSPS) is 16.5. The zero-order valence-corrected chi connectivity index (χ0v) is 14.1. The maximum atomic E-state index is 12.2. The third-order valence-corrected chi connectivity index (χ3v) is 5.72. The maximum absolute atomic E-state index is 12.2. The van der Waals surface area contributed by atoms with Crippen LogP contribution in [0.25, 0.3) is 27.6 Å². The van der Waals surface area contributed by atoms with Gasteiger partial charge in [-0.2, -0.15) is 0 Å². The molecule has 0 N–H and O–H groups in total. The van der Waals surface area contributed by atoms with Crippen molar-refractivity contribution in [1.82, 2.24) is 0 Å². The number of nitrogens with zero attached hydrogens (tertiary/aromatic N) is 1. The molecule has 0 aromatic heterocycles. The van der Waals surface area contributed by atoms with E-state index in [-0.39, 0.29) is 5.12 Å². The molecule has 1 aliphatic heterocycles. The van der Waals surface area contributed by atoms with Crippen molar-refractivity contribution in [2.75, 3.05) is 6.26 Å². The molecule has 0 saturated heterocycles. The van der Waals surface area contributed by atoms with Gasteiger partial charge >= 0.3 is 0 Å². The lowest BCUT2D eigenvalue weighted by atomic mass is 9.96. The topological polar surface area (TPSA) is 29.4 Å². The predicted molar refractivity (Wildman–Crippen MR) is 103 cm³/mol. The highest BCUT2D eigenvalue weighted by Crippen LogP contribution is 2.34. The molecule has 1 aliphatic rings. The summed E-state index contributed by atoms with van der Waals surface area (Å²) in [5.74, 6) is 0. The van der Waals surface area contributed by atoms with Gasteiger partial charge in [-0.3, -0.25) is 4.79 Å². The van der Waals surface area contributed by atoms with Crippen LogP contribution in [-0.4, -0.2) is 15.7 Å². The van der Waals surface area contributed by atoms with E-state index in [1.54, 1.807) is 0 Å². The van der Waals surface area contributed by atoms with Crippen molar-refractivity contribution in [2.24, 2.45) is 4.99 Å². The van der Waals surface area contributed by atoms with Crippen LogP contribution in [0.3, 0.4) is 0 Å². The van der Waals surface area contributed by atoms with E-state index < -0.39 is 0 Å². The molecule has 4 heteroatoms. The van der Waals surface area contributed by atoms with Crippen molar-refractivity contribution in [3.8, 4) is 0 Å². The van der Waals surface area contributed by atoms with Gasteiger partial charge in [-0.1, -0.05) is 48.5 Å². The zero-order valence-electron chi connectivity index (χ0n) is 12.4. The van der Waals surface area contributed by atoms with E-state index in [2.05, 4.69) is 35.3 Å². The van der Waals surface area contributed by atoms with Crippen molar-refractivity contribution >= 4 is 60.6 Å². The van der Waals surface area contributed by atoms with E-state index in [1.807, 2.05) is 36.6 Å². The Labute approximate surface area is 142 Å². The van der Waals surface area contributed by atoms with Crippen LogP contribution >= 0.6 is 23.5 Å². The fourth-order valence-corrected chi connectivity index (χ4v) is 4.08. The summed E-state index contributed by atoms with van der Waals surface area (Å²) >= 11 is 2.72. The summed E-state index contributed by atoms with van der Waals surface area (Å²) in [5.41, 5.74) is 1.59. The number of benzene rings is 3. The van der Waals surface area contributed by atoms with Gasteiger partial charge in [-0.25, -0.2) is 4.99 Å². The summed E-state index contributed by atoms with van der Waals surface area (Å²) in [4.78, 5) is 16.6. The Morgan fingerprint density at radius 2 is 1.61 bits per heavy atom. The molecule has 4 rings (SSSR count). The average Bonchev–Trinajstić information content (AvgIpc) is 2.94. The molecule has 0 saturated carbocycles. The van der Waals surface area contributed by atoms with E-state index in [4.69, 9.17) is 0 Å². The Morgan fingerprint density at radius 3 is 2.17 bits per heavy atom. The molecule has 0 atom stereocenters. The summed E-state index contributed by atoms with van der Waals surface area (Å²) in [6.45, 7) is 0. The van der Waals surface area contributed by atoms with Crippen LogP contribution in [-0.2, 0) is 4.79 Å². The average molecular weight is 335 g/mol. The summed E-state index contributed by atoms with van der Waals surface area (Å²) < 4.78 is 0.811. The quantitative estimate of drug-likeness (QED) is 0.445. The molecule has 1 heterocycles. The number of thioether (sulfide) groups is 2. The lowest BCUT2D eigenvalue weighted by molar-refractivity contribution is -0.107. The Balaban J connectivity index is 2.04. The van der Waals surface area contributed by atoms with E-state index in [0.29, 0.717) is 5.70 Å². The molecule has 0 amide bonds. The third-order valence-electron chi connectivity index (χ3n) is 3.87. The number of rotatable bonds is 1. The van der Waals surface area contributed by atoms with Gasteiger partial charge in [0.1, 0.15) is 10.1 Å². The van der Waals surface area contributed by atoms with E-state index in [0.717, 1.165) is 20.7 Å². The van der Waals surface area contributed by atoms with Crippen LogP contribution in [0, 0.1) is 0 Å². The van der Waals surface area contributed by atoms with E-state index >= 15 is 0 Å². The molecule has 0 fully saturated rings. The summed E-state index contributed by atoms with van der Waals surface area (Å²) in [7, 11) is 0. The molecular formula is C19H13NOS2. The molecule has 0 aliphatic carbocycles. The molecule has 3 aromatic rings. The molecule has 112 valence electrons. The minimum Gasteiger partial charge on any atom is -0.279 e. The van der Waals surface area contributed by atoms with Crippen LogP contribution in [0.4, 0.5) is 0 Å². The first-order valence-electron chi connectivity index (χ1n) is 7.23. The molecule has 0 radical (unpaired) electrons. The van der Waals surface area contributed by atoms with Crippen molar-refractivity contribution in [3.63, 3.8) is 0 Å². The van der Waals surface area contributed by atoms with Gasteiger partial charge in [-0.05, 0) is 57.3 Å². The highest BCUT2D eigenvalue weighted by atomic mass is 32.2. The number of carbonyl (C=O) groups excluding carboxylic acids is 1. The second kappa shape index (κ2) is 5.87. The molecule has 0 bridgehead atoms. The third kappa shape index (κ3) is 2.58. The minimum atomic E-state index is 0.0198. The molecule has 0 unspecified atom stereocenters. The van der Waals surface area contributed by atoms with Crippen LogP contribution in [0.2, 0.25) is 0 Å². The van der Waals surface area contributed by atoms with Crippen molar-refractivity contribution in [1.29, 1.82) is 0 Å². The van der Waals surface area contributed by atoms with Gasteiger partial charge in [-0.15, -0.1) is 11.8 Å². The van der Waals surface area contributed by atoms with Crippen LogP contribution in [0.15, 0.2) is 65.3 Å². The van der Waals surface area contributed by atoms with Crippen molar-refractivity contribution < 1.29 is 4.79 Å². The zero-order chi connectivity index (χ0) is 15.8. The maximum Gasteiger partial charge on any atom is 0.244 e. The Bertz CT molecular complexity index is 951. The van der Waals surface area contributed by atoms with E-state index in [9.17, 15) is 4.79 Å². The highest BCUT2D eigenvalue weighted by Gasteiger charge is 2.22. The van der Waals surface area contributed by atoms with E-state index in [1.165, 1.54) is 34.3 Å². The SMILES string of the molecule is CSC1=NC(=Cc2c3ccccc3cc3ccccc23)C(=O)S1. The predicted octanol–water partition coefficient (Wildman–Crippen LogP) is 5.33. The van der Waals surface area contributed by atoms with Gasteiger partial charge in [0, 0.05) is 0 Å².